The highest BCUT2D eigenvalue weighted by Crippen LogP contribution is 2.31. The number of benzene rings is 2. The molecule has 0 aliphatic rings. The Hall–Kier alpha value is -1.46. The highest BCUT2D eigenvalue weighted by Gasteiger charge is 2.16. The van der Waals surface area contributed by atoms with Gasteiger partial charge in [-0.3, -0.25) is 0 Å². The van der Waals surface area contributed by atoms with Crippen LogP contribution in [-0.2, 0) is 9.84 Å². The zero-order valence-corrected chi connectivity index (χ0v) is 12.0. The molecule has 106 valence electrons. The van der Waals surface area contributed by atoms with Crippen LogP contribution < -0.4 is 0 Å². The fraction of sp³-hybridized carbons (Fsp3) is 0.143. The summed E-state index contributed by atoms with van der Waals surface area (Å²) in [5.74, 6) is -1.42. The molecule has 2 aromatic rings. The van der Waals surface area contributed by atoms with E-state index in [-0.39, 0.29) is 10.5 Å². The number of hydrogen-bond acceptors (Lipinski definition) is 2. The van der Waals surface area contributed by atoms with E-state index in [0.29, 0.717) is 5.56 Å². The van der Waals surface area contributed by atoms with E-state index >= 15 is 0 Å². The van der Waals surface area contributed by atoms with Crippen molar-refractivity contribution in [3.05, 3.63) is 65.2 Å². The summed E-state index contributed by atoms with van der Waals surface area (Å²) >= 11 is 6.14. The van der Waals surface area contributed by atoms with E-state index in [4.69, 9.17) is 11.6 Å². The molecule has 2 aromatic carbocycles. The Morgan fingerprint density at radius 3 is 2.15 bits per heavy atom. The molecule has 0 fully saturated rings. The third kappa shape index (κ3) is 3.16. The van der Waals surface area contributed by atoms with Gasteiger partial charge in [0.25, 0.3) is 0 Å². The van der Waals surface area contributed by atoms with Gasteiger partial charge in [0.1, 0.15) is 11.6 Å². The quantitative estimate of drug-likeness (QED) is 0.809. The smallest absolute Gasteiger partial charge is 0.175 e. The maximum Gasteiger partial charge on any atom is 0.175 e. The molecule has 1 atom stereocenters. The standard InChI is InChI=1S/C14H11ClF2O2S/c1-20(18,19)11-5-2-9(3-6-11)14(15)12-7-4-10(16)8-13(12)17/h2-8,14H,1H3. The molecule has 0 spiro atoms. The van der Waals surface area contributed by atoms with E-state index in [1.54, 1.807) is 0 Å². The average Bonchev–Trinajstić information content (AvgIpc) is 2.37. The largest absolute Gasteiger partial charge is 0.224 e. The van der Waals surface area contributed by atoms with Gasteiger partial charge in [0.2, 0.25) is 0 Å². The Kier molecular flexibility index (Phi) is 4.11. The van der Waals surface area contributed by atoms with Gasteiger partial charge in [0.15, 0.2) is 9.84 Å². The first-order valence-electron chi connectivity index (χ1n) is 5.68. The Bertz CT molecular complexity index is 727. The van der Waals surface area contributed by atoms with Crippen molar-refractivity contribution in [2.24, 2.45) is 0 Å². The van der Waals surface area contributed by atoms with Crippen molar-refractivity contribution < 1.29 is 17.2 Å². The lowest BCUT2D eigenvalue weighted by atomic mass is 10.0. The summed E-state index contributed by atoms with van der Waals surface area (Å²) < 4.78 is 49.2. The molecule has 0 saturated heterocycles. The molecule has 1 unspecified atom stereocenters. The third-order valence-corrected chi connectivity index (χ3v) is 4.45. The fourth-order valence-corrected chi connectivity index (χ4v) is 2.72. The van der Waals surface area contributed by atoms with Crippen molar-refractivity contribution in [3.8, 4) is 0 Å². The maximum atomic E-state index is 13.6. The molecule has 2 rings (SSSR count). The fourth-order valence-electron chi connectivity index (χ4n) is 1.77. The minimum absolute atomic E-state index is 0.139. The summed E-state index contributed by atoms with van der Waals surface area (Å²) in [7, 11) is -3.29. The van der Waals surface area contributed by atoms with Crippen LogP contribution in [0.2, 0.25) is 0 Å². The zero-order valence-electron chi connectivity index (χ0n) is 10.5. The van der Waals surface area contributed by atoms with Crippen LogP contribution in [0.4, 0.5) is 8.78 Å². The van der Waals surface area contributed by atoms with Gasteiger partial charge in [0.05, 0.1) is 10.3 Å². The van der Waals surface area contributed by atoms with Gasteiger partial charge >= 0.3 is 0 Å². The Morgan fingerprint density at radius 1 is 1.05 bits per heavy atom. The first-order valence-corrected chi connectivity index (χ1v) is 8.01. The lowest BCUT2D eigenvalue weighted by Gasteiger charge is -2.12. The number of alkyl halides is 1. The molecule has 0 N–H and O–H groups in total. The predicted octanol–water partition coefficient (Wildman–Crippen LogP) is 3.70. The van der Waals surface area contributed by atoms with Gasteiger partial charge in [0, 0.05) is 17.9 Å². The Morgan fingerprint density at radius 2 is 1.65 bits per heavy atom. The van der Waals surface area contributed by atoms with Gasteiger partial charge in [-0.05, 0) is 23.8 Å². The van der Waals surface area contributed by atoms with Gasteiger partial charge in [-0.1, -0.05) is 18.2 Å². The summed E-state index contributed by atoms with van der Waals surface area (Å²) in [5.41, 5.74) is 0.671. The summed E-state index contributed by atoms with van der Waals surface area (Å²) in [4.78, 5) is 0.157. The van der Waals surface area contributed by atoms with E-state index < -0.39 is 26.8 Å². The molecule has 6 heteroatoms. The van der Waals surface area contributed by atoms with Crippen LogP contribution >= 0.6 is 11.6 Å². The molecule has 0 heterocycles. The average molecular weight is 317 g/mol. The van der Waals surface area contributed by atoms with E-state index in [1.165, 1.54) is 30.3 Å². The molecule has 0 aliphatic heterocycles. The molecule has 0 aliphatic carbocycles. The lowest BCUT2D eigenvalue weighted by Crippen LogP contribution is -2.00. The summed E-state index contributed by atoms with van der Waals surface area (Å²) in [5, 5.41) is -0.816. The third-order valence-electron chi connectivity index (χ3n) is 2.84. The first-order chi connectivity index (χ1) is 9.29. The van der Waals surface area contributed by atoms with Gasteiger partial charge in [-0.2, -0.15) is 0 Å². The van der Waals surface area contributed by atoms with Crippen molar-refractivity contribution in [1.29, 1.82) is 0 Å². The molecule has 2 nitrogen and oxygen atoms in total. The Labute approximate surface area is 120 Å². The summed E-state index contributed by atoms with van der Waals surface area (Å²) in [6.07, 6.45) is 1.10. The number of rotatable bonds is 3. The van der Waals surface area contributed by atoms with Crippen LogP contribution in [-0.4, -0.2) is 14.7 Å². The molecule has 0 radical (unpaired) electrons. The molecule has 0 saturated carbocycles. The first kappa shape index (κ1) is 14.9. The lowest BCUT2D eigenvalue weighted by molar-refractivity contribution is 0.573. The number of hydrogen-bond donors (Lipinski definition) is 0. The summed E-state index contributed by atoms with van der Waals surface area (Å²) in [6.45, 7) is 0. The van der Waals surface area contributed by atoms with E-state index in [1.807, 2.05) is 0 Å². The molecule has 0 aromatic heterocycles. The molecular weight excluding hydrogens is 306 g/mol. The van der Waals surface area contributed by atoms with Crippen LogP contribution in [0.25, 0.3) is 0 Å². The van der Waals surface area contributed by atoms with Crippen LogP contribution in [0.3, 0.4) is 0 Å². The monoisotopic (exact) mass is 316 g/mol. The molecule has 0 bridgehead atoms. The summed E-state index contributed by atoms with van der Waals surface area (Å²) in [6, 6.07) is 8.98. The van der Waals surface area contributed by atoms with Crippen molar-refractivity contribution >= 4 is 21.4 Å². The highest BCUT2D eigenvalue weighted by atomic mass is 35.5. The highest BCUT2D eigenvalue weighted by molar-refractivity contribution is 7.90. The van der Waals surface area contributed by atoms with Crippen LogP contribution in [0.5, 0.6) is 0 Å². The predicted molar refractivity (Wildman–Crippen MR) is 73.6 cm³/mol. The van der Waals surface area contributed by atoms with Crippen molar-refractivity contribution in [3.63, 3.8) is 0 Å². The van der Waals surface area contributed by atoms with E-state index in [0.717, 1.165) is 18.4 Å². The van der Waals surface area contributed by atoms with E-state index in [2.05, 4.69) is 0 Å². The normalized spacial score (nSPS) is 13.2. The van der Waals surface area contributed by atoms with Crippen molar-refractivity contribution in [2.75, 3.05) is 6.26 Å². The van der Waals surface area contributed by atoms with Crippen LogP contribution in [0.15, 0.2) is 47.4 Å². The number of halogens is 3. The minimum Gasteiger partial charge on any atom is -0.224 e. The van der Waals surface area contributed by atoms with Gasteiger partial charge in [-0.25, -0.2) is 17.2 Å². The number of sulfone groups is 1. The molecular formula is C14H11ClF2O2S. The van der Waals surface area contributed by atoms with Gasteiger partial charge in [-0.15, -0.1) is 11.6 Å². The topological polar surface area (TPSA) is 34.1 Å². The maximum absolute atomic E-state index is 13.6. The molecule has 20 heavy (non-hydrogen) atoms. The van der Waals surface area contributed by atoms with Crippen LogP contribution in [0.1, 0.15) is 16.5 Å². The zero-order chi connectivity index (χ0) is 14.9. The van der Waals surface area contributed by atoms with Crippen LogP contribution in [0, 0.1) is 11.6 Å². The second-order valence-electron chi connectivity index (χ2n) is 4.37. The minimum atomic E-state index is -3.29. The van der Waals surface area contributed by atoms with E-state index in [9.17, 15) is 17.2 Å². The second-order valence-corrected chi connectivity index (χ2v) is 6.82. The van der Waals surface area contributed by atoms with Gasteiger partial charge < -0.3 is 0 Å². The second kappa shape index (κ2) is 5.50. The SMILES string of the molecule is CS(=O)(=O)c1ccc(C(Cl)c2ccc(F)cc2F)cc1. The van der Waals surface area contributed by atoms with Crippen molar-refractivity contribution in [1.82, 2.24) is 0 Å². The molecule has 0 amide bonds. The van der Waals surface area contributed by atoms with Crippen molar-refractivity contribution in [2.45, 2.75) is 10.3 Å². The Balaban J connectivity index is 2.36.